The summed E-state index contributed by atoms with van der Waals surface area (Å²) in [5.74, 6) is 0.819. The first-order chi connectivity index (χ1) is 16.6. The lowest BCUT2D eigenvalue weighted by Gasteiger charge is -2.38. The number of aromatic amines is 1. The van der Waals surface area contributed by atoms with Crippen molar-refractivity contribution in [1.82, 2.24) is 29.5 Å². The number of H-pyrrole nitrogens is 1. The summed E-state index contributed by atoms with van der Waals surface area (Å²) in [6, 6.07) is 5.52. The number of ether oxygens (including phenoxy) is 1. The molecule has 7 rings (SSSR count). The summed E-state index contributed by atoms with van der Waals surface area (Å²) < 4.78 is 22.5. The van der Waals surface area contributed by atoms with Crippen LogP contribution in [0.25, 0.3) is 33.1 Å². The van der Waals surface area contributed by atoms with E-state index in [2.05, 4.69) is 34.7 Å². The van der Waals surface area contributed by atoms with Gasteiger partial charge in [0, 0.05) is 43.7 Å². The van der Waals surface area contributed by atoms with Crippen LogP contribution in [0.1, 0.15) is 18.9 Å². The molecule has 1 aliphatic heterocycles. The number of hydrogen-bond acceptors (Lipinski definition) is 8. The lowest BCUT2D eigenvalue weighted by atomic mass is 10.1. The number of nitrogens with two attached hydrogens (primary N) is 1. The minimum Gasteiger partial charge on any atom is -0.422 e. The Hall–Kier alpha value is -3.99. The van der Waals surface area contributed by atoms with Gasteiger partial charge in [0.2, 0.25) is 0 Å². The van der Waals surface area contributed by atoms with E-state index in [9.17, 15) is 4.39 Å². The van der Waals surface area contributed by atoms with E-state index in [1.807, 2.05) is 12.4 Å². The highest BCUT2D eigenvalue weighted by Crippen LogP contribution is 2.39. The molecule has 0 bridgehead atoms. The molecule has 0 unspecified atom stereocenters. The number of imidazole rings is 1. The summed E-state index contributed by atoms with van der Waals surface area (Å²) >= 11 is 0. The number of nitrogens with zero attached hydrogens (tertiary/aromatic N) is 6. The van der Waals surface area contributed by atoms with Gasteiger partial charge in [-0.2, -0.15) is 9.97 Å². The van der Waals surface area contributed by atoms with Crippen molar-refractivity contribution in [3.8, 4) is 11.8 Å². The first-order valence-corrected chi connectivity index (χ1v) is 11.3. The third kappa shape index (κ3) is 2.97. The molecule has 1 aliphatic carbocycles. The number of rotatable bonds is 5. The van der Waals surface area contributed by atoms with Gasteiger partial charge in [0.25, 0.3) is 0 Å². The second-order valence-corrected chi connectivity index (χ2v) is 8.97. The summed E-state index contributed by atoms with van der Waals surface area (Å²) in [6.07, 6.45) is 5.81. The summed E-state index contributed by atoms with van der Waals surface area (Å²) in [4.78, 5) is 23.7. The highest BCUT2D eigenvalue weighted by atomic mass is 19.1. The monoisotopic (exact) mass is 459 g/mol. The lowest BCUT2D eigenvalue weighted by molar-refractivity contribution is 0.439. The van der Waals surface area contributed by atoms with Crippen molar-refractivity contribution < 1.29 is 9.13 Å². The zero-order chi connectivity index (χ0) is 23.0. The molecule has 0 atom stereocenters. The number of benzene rings is 1. The Morgan fingerprint density at radius 3 is 2.79 bits per heavy atom. The molecule has 4 N–H and O–H groups in total. The highest BCUT2D eigenvalue weighted by molar-refractivity contribution is 6.14. The summed E-state index contributed by atoms with van der Waals surface area (Å²) in [5, 5.41) is 4.48. The molecule has 2 fully saturated rings. The fourth-order valence-electron chi connectivity index (χ4n) is 4.66. The summed E-state index contributed by atoms with van der Waals surface area (Å²) in [7, 11) is 1.75. The topological polar surface area (TPSA) is 123 Å². The molecule has 5 aromatic rings. The van der Waals surface area contributed by atoms with Gasteiger partial charge in [-0.25, -0.2) is 14.4 Å². The quantitative estimate of drug-likeness (QED) is 0.366. The van der Waals surface area contributed by atoms with E-state index in [-0.39, 0.29) is 17.9 Å². The van der Waals surface area contributed by atoms with Gasteiger partial charge in [0.05, 0.1) is 29.1 Å². The number of halogens is 1. The normalized spacial score (nSPS) is 16.5. The largest absolute Gasteiger partial charge is 0.422 e. The molecule has 172 valence electrons. The molecule has 0 radical (unpaired) electrons. The predicted octanol–water partition coefficient (Wildman–Crippen LogP) is 3.31. The molecule has 1 saturated carbocycles. The van der Waals surface area contributed by atoms with E-state index in [1.54, 1.807) is 13.2 Å². The van der Waals surface area contributed by atoms with E-state index in [1.165, 1.54) is 12.1 Å². The van der Waals surface area contributed by atoms with Crippen molar-refractivity contribution >= 4 is 44.6 Å². The van der Waals surface area contributed by atoms with Crippen molar-refractivity contribution in [2.75, 3.05) is 30.4 Å². The molecule has 11 heteroatoms. The van der Waals surface area contributed by atoms with Crippen LogP contribution in [0.2, 0.25) is 0 Å². The molecule has 34 heavy (non-hydrogen) atoms. The minimum absolute atomic E-state index is 0.0670. The third-order valence-electron chi connectivity index (χ3n) is 6.50. The Balaban J connectivity index is 1.34. The zero-order valence-electron chi connectivity index (χ0n) is 18.4. The summed E-state index contributed by atoms with van der Waals surface area (Å²) in [5.41, 5.74) is 9.60. The zero-order valence-corrected chi connectivity index (χ0v) is 18.4. The Labute approximate surface area is 193 Å². The molecule has 1 saturated heterocycles. The van der Waals surface area contributed by atoms with Gasteiger partial charge in [0.15, 0.2) is 11.4 Å². The predicted molar refractivity (Wildman–Crippen MR) is 127 cm³/mol. The first-order valence-electron chi connectivity index (χ1n) is 11.3. The van der Waals surface area contributed by atoms with Crippen LogP contribution >= 0.6 is 0 Å². The van der Waals surface area contributed by atoms with E-state index < -0.39 is 0 Å². The minimum atomic E-state index is -0.339. The second kappa shape index (κ2) is 7.00. The van der Waals surface area contributed by atoms with Crippen LogP contribution in [0.4, 0.5) is 15.9 Å². The third-order valence-corrected chi connectivity index (χ3v) is 6.50. The summed E-state index contributed by atoms with van der Waals surface area (Å²) in [6.45, 7) is 1.30. The van der Waals surface area contributed by atoms with Crippen LogP contribution in [0.3, 0.4) is 0 Å². The second-order valence-electron chi connectivity index (χ2n) is 8.97. The van der Waals surface area contributed by atoms with E-state index in [0.29, 0.717) is 47.4 Å². The first kappa shape index (κ1) is 19.5. The standard InChI is InChI=1S/C23H22FN9O/c1-26-16-5-11(24)4-15-18-20(29-19(15)16)30-23(31-22(18)32-8-12(25)9-32)34-14-6-17-21(27-7-14)33(10-28-17)13-2-3-13/h4-7,10,12-13,26H,2-3,8-9,25H2,1H3,(H,29,30,31). The van der Waals surface area contributed by atoms with Crippen molar-refractivity contribution in [3.05, 3.63) is 36.5 Å². The van der Waals surface area contributed by atoms with Crippen LogP contribution in [-0.4, -0.2) is 55.7 Å². The van der Waals surface area contributed by atoms with Crippen molar-refractivity contribution in [1.29, 1.82) is 0 Å². The van der Waals surface area contributed by atoms with Crippen LogP contribution in [0, 0.1) is 5.82 Å². The maximum atomic E-state index is 14.4. The fraction of sp³-hybridized carbons (Fsp3) is 0.304. The average Bonchev–Trinajstić information content (AvgIpc) is 3.46. The number of pyridine rings is 1. The molecule has 4 aromatic heterocycles. The Morgan fingerprint density at radius 2 is 2.03 bits per heavy atom. The Morgan fingerprint density at radius 1 is 1.18 bits per heavy atom. The molecule has 1 aromatic carbocycles. The molecule has 5 heterocycles. The van der Waals surface area contributed by atoms with Gasteiger partial charge in [-0.3, -0.25) is 0 Å². The van der Waals surface area contributed by atoms with Crippen LogP contribution in [0.15, 0.2) is 30.7 Å². The van der Waals surface area contributed by atoms with Gasteiger partial charge >= 0.3 is 6.01 Å². The van der Waals surface area contributed by atoms with Gasteiger partial charge < -0.3 is 30.2 Å². The van der Waals surface area contributed by atoms with Crippen molar-refractivity contribution in [3.63, 3.8) is 0 Å². The smallest absolute Gasteiger partial charge is 0.326 e. The molecule has 0 spiro atoms. The van der Waals surface area contributed by atoms with Gasteiger partial charge in [-0.15, -0.1) is 0 Å². The van der Waals surface area contributed by atoms with Crippen LogP contribution in [0.5, 0.6) is 11.8 Å². The maximum absolute atomic E-state index is 14.4. The Bertz CT molecular complexity index is 1580. The maximum Gasteiger partial charge on any atom is 0.326 e. The molecular formula is C23H22FN9O. The van der Waals surface area contributed by atoms with E-state index in [0.717, 1.165) is 34.9 Å². The number of hydrogen-bond donors (Lipinski definition) is 3. The van der Waals surface area contributed by atoms with Gasteiger partial charge in [-0.05, 0) is 25.0 Å². The van der Waals surface area contributed by atoms with Crippen LogP contribution < -0.4 is 20.7 Å². The van der Waals surface area contributed by atoms with Gasteiger partial charge in [-0.1, -0.05) is 0 Å². The number of anilines is 2. The van der Waals surface area contributed by atoms with Crippen molar-refractivity contribution in [2.24, 2.45) is 5.73 Å². The number of nitrogens with one attached hydrogen (secondary N) is 2. The SMILES string of the molecule is CNc1cc(F)cc2c1[nH]c1nc(Oc3cnc4c(c3)ncn4C3CC3)nc(N3CC(N)C3)c12. The molecule has 2 aliphatic rings. The lowest BCUT2D eigenvalue weighted by Crippen LogP contribution is -2.56. The van der Waals surface area contributed by atoms with E-state index in [4.69, 9.17) is 15.5 Å². The van der Waals surface area contributed by atoms with Crippen molar-refractivity contribution in [2.45, 2.75) is 24.9 Å². The Kier molecular flexibility index (Phi) is 4.01. The fourth-order valence-corrected chi connectivity index (χ4v) is 4.66. The average molecular weight is 459 g/mol. The van der Waals surface area contributed by atoms with Gasteiger partial charge in [0.1, 0.15) is 22.8 Å². The highest BCUT2D eigenvalue weighted by Gasteiger charge is 2.29. The molecule has 10 nitrogen and oxygen atoms in total. The van der Waals surface area contributed by atoms with Crippen LogP contribution in [-0.2, 0) is 0 Å². The molecule has 0 amide bonds. The number of aromatic nitrogens is 6. The van der Waals surface area contributed by atoms with E-state index >= 15 is 0 Å². The number of fused-ring (bicyclic) bond motifs is 4. The molecular weight excluding hydrogens is 437 g/mol.